The Bertz CT molecular complexity index is 413. The van der Waals surface area contributed by atoms with Gasteiger partial charge in [0, 0.05) is 30.7 Å². The second-order valence-electron chi connectivity index (χ2n) is 3.39. The van der Waals surface area contributed by atoms with E-state index >= 15 is 0 Å². The van der Waals surface area contributed by atoms with E-state index in [-0.39, 0.29) is 29.5 Å². The molecule has 7 heteroatoms. The molecule has 18 heavy (non-hydrogen) atoms. The van der Waals surface area contributed by atoms with Gasteiger partial charge in [0.05, 0.1) is 7.11 Å². The van der Waals surface area contributed by atoms with Gasteiger partial charge in [-0.1, -0.05) is 0 Å². The Hall–Kier alpha value is -1.76. The SMILES string of the molecule is CNCCC(=O)c1cc(OC)nc(OC(F)F)c1. The van der Waals surface area contributed by atoms with E-state index in [1.54, 1.807) is 7.05 Å². The minimum Gasteiger partial charge on any atom is -0.481 e. The van der Waals surface area contributed by atoms with Gasteiger partial charge in [-0.25, -0.2) is 0 Å². The van der Waals surface area contributed by atoms with Crippen molar-refractivity contribution in [1.29, 1.82) is 0 Å². The number of ketones is 1. The van der Waals surface area contributed by atoms with Crippen LogP contribution in [0.4, 0.5) is 8.78 Å². The quantitative estimate of drug-likeness (QED) is 0.752. The van der Waals surface area contributed by atoms with Gasteiger partial charge >= 0.3 is 6.61 Å². The van der Waals surface area contributed by atoms with E-state index in [2.05, 4.69) is 15.0 Å². The Balaban J connectivity index is 2.92. The van der Waals surface area contributed by atoms with Gasteiger partial charge in [-0.2, -0.15) is 13.8 Å². The predicted octanol–water partition coefficient (Wildman–Crippen LogP) is 1.48. The van der Waals surface area contributed by atoms with Crippen LogP contribution in [0.2, 0.25) is 0 Å². The highest BCUT2D eigenvalue weighted by Crippen LogP contribution is 2.20. The lowest BCUT2D eigenvalue weighted by Gasteiger charge is -2.08. The molecule has 5 nitrogen and oxygen atoms in total. The summed E-state index contributed by atoms with van der Waals surface area (Å²) < 4.78 is 33.2. The third-order valence-electron chi connectivity index (χ3n) is 2.12. The van der Waals surface area contributed by atoms with Crippen molar-refractivity contribution < 1.29 is 23.0 Å². The van der Waals surface area contributed by atoms with Crippen LogP contribution < -0.4 is 14.8 Å². The molecule has 0 saturated heterocycles. The number of alkyl halides is 2. The Labute approximate surface area is 103 Å². The van der Waals surface area contributed by atoms with Crippen LogP contribution >= 0.6 is 0 Å². The summed E-state index contributed by atoms with van der Waals surface area (Å²) in [6.07, 6.45) is 0.248. The highest BCUT2D eigenvalue weighted by atomic mass is 19.3. The molecule has 0 aliphatic rings. The van der Waals surface area contributed by atoms with Crippen molar-refractivity contribution in [3.8, 4) is 11.8 Å². The first-order valence-corrected chi connectivity index (χ1v) is 5.25. The number of aromatic nitrogens is 1. The lowest BCUT2D eigenvalue weighted by atomic mass is 10.1. The number of hydrogen-bond acceptors (Lipinski definition) is 5. The number of ether oxygens (including phenoxy) is 2. The van der Waals surface area contributed by atoms with Gasteiger partial charge in [0.1, 0.15) is 0 Å². The zero-order valence-corrected chi connectivity index (χ0v) is 10.1. The molecule has 1 heterocycles. The Morgan fingerprint density at radius 3 is 2.67 bits per heavy atom. The van der Waals surface area contributed by atoms with Gasteiger partial charge in [0.25, 0.3) is 0 Å². The van der Waals surface area contributed by atoms with E-state index in [0.717, 1.165) is 0 Å². The molecule has 1 aromatic rings. The van der Waals surface area contributed by atoms with Crippen LogP contribution in [0, 0.1) is 0 Å². The maximum atomic E-state index is 12.1. The number of halogens is 2. The number of Topliss-reactive ketones (excluding diaryl/α,β-unsaturated/α-hetero) is 1. The van der Waals surface area contributed by atoms with Crippen LogP contribution in [0.1, 0.15) is 16.8 Å². The average molecular weight is 260 g/mol. The number of carbonyl (C=O) groups is 1. The highest BCUT2D eigenvalue weighted by molar-refractivity contribution is 5.96. The molecule has 1 aromatic heterocycles. The number of carbonyl (C=O) groups excluding carboxylic acids is 1. The number of pyridine rings is 1. The molecular formula is C11H14F2N2O3. The fourth-order valence-electron chi connectivity index (χ4n) is 1.28. The second-order valence-corrected chi connectivity index (χ2v) is 3.39. The van der Waals surface area contributed by atoms with E-state index in [1.807, 2.05) is 0 Å². The summed E-state index contributed by atoms with van der Waals surface area (Å²) >= 11 is 0. The van der Waals surface area contributed by atoms with Crippen LogP contribution in [0.15, 0.2) is 12.1 Å². The number of rotatable bonds is 7. The van der Waals surface area contributed by atoms with E-state index < -0.39 is 6.61 Å². The van der Waals surface area contributed by atoms with Gasteiger partial charge in [-0.05, 0) is 7.05 Å². The van der Waals surface area contributed by atoms with Crippen molar-refractivity contribution in [2.24, 2.45) is 0 Å². The number of nitrogens with one attached hydrogen (secondary N) is 1. The molecule has 0 fully saturated rings. The molecule has 100 valence electrons. The smallest absolute Gasteiger partial charge is 0.388 e. The molecule has 0 aromatic carbocycles. The Kier molecular flexibility index (Phi) is 5.44. The summed E-state index contributed by atoms with van der Waals surface area (Å²) in [5.74, 6) is -0.484. The molecule has 0 aliphatic carbocycles. The van der Waals surface area contributed by atoms with E-state index in [9.17, 15) is 13.6 Å². The number of nitrogens with zero attached hydrogens (tertiary/aromatic N) is 1. The third kappa shape index (κ3) is 4.25. The molecule has 0 amide bonds. The van der Waals surface area contributed by atoms with E-state index in [0.29, 0.717) is 6.54 Å². The summed E-state index contributed by atoms with van der Waals surface area (Å²) in [5.41, 5.74) is 0.229. The fourth-order valence-corrected chi connectivity index (χ4v) is 1.28. The average Bonchev–Trinajstić information content (AvgIpc) is 2.34. The maximum Gasteiger partial charge on any atom is 0.388 e. The monoisotopic (exact) mass is 260 g/mol. The van der Waals surface area contributed by atoms with Gasteiger partial charge in [0.2, 0.25) is 11.8 Å². The standard InChI is InChI=1S/C11H14F2N2O3/c1-14-4-3-8(16)7-5-9(17-2)15-10(6-7)18-11(12)13/h5-6,11,14H,3-4H2,1-2H3. The van der Waals surface area contributed by atoms with E-state index in [4.69, 9.17) is 4.74 Å². The molecular weight excluding hydrogens is 246 g/mol. The molecule has 0 atom stereocenters. The summed E-state index contributed by atoms with van der Waals surface area (Å²) in [6, 6.07) is 2.56. The zero-order valence-electron chi connectivity index (χ0n) is 10.1. The van der Waals surface area contributed by atoms with Crippen molar-refractivity contribution in [2.75, 3.05) is 20.7 Å². The second kappa shape index (κ2) is 6.85. The molecule has 0 radical (unpaired) electrons. The molecule has 0 unspecified atom stereocenters. The van der Waals surface area contributed by atoms with Gasteiger partial charge in [-0.15, -0.1) is 0 Å². The Morgan fingerprint density at radius 1 is 1.44 bits per heavy atom. The largest absolute Gasteiger partial charge is 0.481 e. The van der Waals surface area contributed by atoms with Crippen LogP contribution in [-0.4, -0.2) is 38.1 Å². The summed E-state index contributed by atoms with van der Waals surface area (Å²) in [7, 11) is 3.04. The first-order chi connectivity index (χ1) is 8.56. The van der Waals surface area contributed by atoms with Gasteiger partial charge in [0.15, 0.2) is 5.78 Å². The molecule has 0 bridgehead atoms. The van der Waals surface area contributed by atoms with Crippen molar-refractivity contribution in [1.82, 2.24) is 10.3 Å². The van der Waals surface area contributed by atoms with Crippen LogP contribution in [-0.2, 0) is 0 Å². The predicted molar refractivity (Wildman–Crippen MR) is 60.3 cm³/mol. The number of methoxy groups -OCH3 is 1. The van der Waals surface area contributed by atoms with Crippen LogP contribution in [0.5, 0.6) is 11.8 Å². The maximum absolute atomic E-state index is 12.1. The summed E-state index contributed by atoms with van der Waals surface area (Å²) in [6.45, 7) is -2.50. The summed E-state index contributed by atoms with van der Waals surface area (Å²) in [4.78, 5) is 15.4. The molecule has 0 spiro atoms. The van der Waals surface area contributed by atoms with E-state index in [1.165, 1.54) is 19.2 Å². The number of hydrogen-bond donors (Lipinski definition) is 1. The molecule has 0 aliphatic heterocycles. The minimum atomic E-state index is -3.00. The van der Waals surface area contributed by atoms with Crippen LogP contribution in [0.3, 0.4) is 0 Å². The lowest BCUT2D eigenvalue weighted by molar-refractivity contribution is -0.0531. The van der Waals surface area contributed by atoms with Crippen molar-refractivity contribution >= 4 is 5.78 Å². The zero-order chi connectivity index (χ0) is 13.5. The molecule has 1 N–H and O–H groups in total. The van der Waals surface area contributed by atoms with Crippen LogP contribution in [0.25, 0.3) is 0 Å². The molecule has 1 rings (SSSR count). The summed E-state index contributed by atoms with van der Waals surface area (Å²) in [5, 5.41) is 2.82. The van der Waals surface area contributed by atoms with Crippen molar-refractivity contribution in [3.63, 3.8) is 0 Å². The fraction of sp³-hybridized carbons (Fsp3) is 0.455. The molecule has 0 saturated carbocycles. The lowest BCUT2D eigenvalue weighted by Crippen LogP contribution is -2.13. The first-order valence-electron chi connectivity index (χ1n) is 5.25. The Morgan fingerprint density at radius 2 is 2.11 bits per heavy atom. The topological polar surface area (TPSA) is 60.5 Å². The van der Waals surface area contributed by atoms with Crippen molar-refractivity contribution in [3.05, 3.63) is 17.7 Å². The highest BCUT2D eigenvalue weighted by Gasteiger charge is 2.13. The van der Waals surface area contributed by atoms with Gasteiger partial charge in [-0.3, -0.25) is 4.79 Å². The van der Waals surface area contributed by atoms with Gasteiger partial charge < -0.3 is 14.8 Å². The van der Waals surface area contributed by atoms with Crippen molar-refractivity contribution in [2.45, 2.75) is 13.0 Å². The normalized spacial score (nSPS) is 10.5. The first kappa shape index (κ1) is 14.3. The third-order valence-corrected chi connectivity index (χ3v) is 2.12. The minimum absolute atomic E-state index is 0.0564.